The molecule has 21 heavy (non-hydrogen) atoms. The summed E-state index contributed by atoms with van der Waals surface area (Å²) in [6, 6.07) is 7.30. The number of benzene rings is 1. The summed E-state index contributed by atoms with van der Waals surface area (Å²) >= 11 is 5.85. The van der Waals surface area contributed by atoms with E-state index in [0.717, 1.165) is 18.5 Å². The van der Waals surface area contributed by atoms with Crippen LogP contribution in [0.5, 0.6) is 0 Å². The molecule has 1 atom stereocenters. The van der Waals surface area contributed by atoms with Gasteiger partial charge in [-0.25, -0.2) is 4.79 Å². The van der Waals surface area contributed by atoms with Crippen LogP contribution in [0.3, 0.4) is 0 Å². The summed E-state index contributed by atoms with van der Waals surface area (Å²) in [5, 5.41) is 3.59. The van der Waals surface area contributed by atoms with Crippen LogP contribution in [0.4, 0.5) is 10.5 Å². The third-order valence-electron chi connectivity index (χ3n) is 3.81. The summed E-state index contributed by atoms with van der Waals surface area (Å²) < 4.78 is 5.73. The van der Waals surface area contributed by atoms with Crippen LogP contribution >= 0.6 is 11.6 Å². The van der Waals surface area contributed by atoms with Crippen molar-refractivity contribution in [3.05, 3.63) is 29.3 Å². The second-order valence-electron chi connectivity index (χ2n) is 5.98. The quantitative estimate of drug-likeness (QED) is 0.911. The van der Waals surface area contributed by atoms with Gasteiger partial charge in [0.2, 0.25) is 0 Å². The van der Waals surface area contributed by atoms with Gasteiger partial charge in [0.15, 0.2) is 0 Å². The Hall–Kier alpha value is -1.26. The van der Waals surface area contributed by atoms with Crippen molar-refractivity contribution in [2.24, 2.45) is 0 Å². The number of carbonyl (C=O) groups is 1. The van der Waals surface area contributed by atoms with E-state index in [9.17, 15) is 4.79 Å². The fraction of sp³-hybridized carbons (Fsp3) is 0.562. The molecule has 1 fully saturated rings. The second-order valence-corrected chi connectivity index (χ2v) is 6.41. The Bertz CT molecular complexity index is 488. The fourth-order valence-corrected chi connectivity index (χ4v) is 2.89. The number of amides is 2. The minimum Gasteiger partial charge on any atom is -0.375 e. The minimum absolute atomic E-state index is 0.0671. The first kappa shape index (κ1) is 16.1. The molecule has 0 radical (unpaired) electrons. The normalized spacial score (nSPS) is 20.9. The summed E-state index contributed by atoms with van der Waals surface area (Å²) in [6.45, 7) is 7.53. The summed E-state index contributed by atoms with van der Waals surface area (Å²) in [7, 11) is 0. The van der Waals surface area contributed by atoms with Crippen molar-refractivity contribution in [2.45, 2.75) is 45.3 Å². The van der Waals surface area contributed by atoms with Gasteiger partial charge in [-0.05, 0) is 57.9 Å². The molecule has 0 bridgehead atoms. The Morgan fingerprint density at radius 3 is 2.67 bits per heavy atom. The van der Waals surface area contributed by atoms with Gasteiger partial charge >= 0.3 is 6.03 Å². The number of rotatable bonds is 3. The summed E-state index contributed by atoms with van der Waals surface area (Å²) in [5.74, 6) is 0. The summed E-state index contributed by atoms with van der Waals surface area (Å²) in [6.07, 6.45) is 1.74. The van der Waals surface area contributed by atoms with Crippen LogP contribution in [0.25, 0.3) is 0 Å². The van der Waals surface area contributed by atoms with Gasteiger partial charge in [-0.2, -0.15) is 0 Å². The summed E-state index contributed by atoms with van der Waals surface area (Å²) in [5.41, 5.74) is 0.589. The topological polar surface area (TPSA) is 41.6 Å². The molecule has 1 aliphatic heterocycles. The molecule has 0 aliphatic carbocycles. The van der Waals surface area contributed by atoms with E-state index in [0.29, 0.717) is 18.2 Å². The van der Waals surface area contributed by atoms with Crippen LogP contribution in [-0.4, -0.2) is 35.7 Å². The number of carbonyl (C=O) groups excluding carboxylic acids is 1. The van der Waals surface area contributed by atoms with Crippen molar-refractivity contribution >= 4 is 23.3 Å². The number of nitrogens with zero attached hydrogens (tertiary/aromatic N) is 1. The average molecular weight is 311 g/mol. The maximum atomic E-state index is 12.5. The molecule has 1 N–H and O–H groups in total. The minimum atomic E-state index is -0.170. The molecule has 1 heterocycles. The molecule has 0 spiro atoms. The molecular weight excluding hydrogens is 288 g/mol. The van der Waals surface area contributed by atoms with E-state index in [1.54, 1.807) is 12.1 Å². The van der Waals surface area contributed by atoms with Crippen molar-refractivity contribution in [3.63, 3.8) is 0 Å². The number of anilines is 1. The van der Waals surface area contributed by atoms with Gasteiger partial charge in [0.05, 0.1) is 5.60 Å². The zero-order chi connectivity index (χ0) is 15.5. The first-order valence-electron chi connectivity index (χ1n) is 7.38. The molecule has 116 valence electrons. The van der Waals surface area contributed by atoms with E-state index in [1.807, 2.05) is 24.0 Å². The molecule has 2 amide bonds. The van der Waals surface area contributed by atoms with E-state index in [-0.39, 0.29) is 17.7 Å². The lowest BCUT2D eigenvalue weighted by atomic mass is 9.93. The fourth-order valence-electron chi connectivity index (χ4n) is 2.76. The van der Waals surface area contributed by atoms with Crippen LogP contribution in [0, 0.1) is 0 Å². The molecule has 1 aromatic carbocycles. The third kappa shape index (κ3) is 4.35. The molecule has 1 aliphatic rings. The average Bonchev–Trinajstić information content (AvgIpc) is 2.41. The first-order chi connectivity index (χ1) is 9.91. The number of nitrogens with one attached hydrogen (secondary N) is 1. The molecule has 1 saturated heterocycles. The Morgan fingerprint density at radius 1 is 1.43 bits per heavy atom. The van der Waals surface area contributed by atoms with Crippen molar-refractivity contribution in [1.29, 1.82) is 0 Å². The predicted molar refractivity (Wildman–Crippen MR) is 85.9 cm³/mol. The third-order valence-corrected chi connectivity index (χ3v) is 4.06. The number of urea groups is 1. The largest absolute Gasteiger partial charge is 0.375 e. The van der Waals surface area contributed by atoms with Gasteiger partial charge in [0.1, 0.15) is 0 Å². The second kappa shape index (κ2) is 6.67. The number of hydrogen-bond acceptors (Lipinski definition) is 2. The Morgan fingerprint density at radius 2 is 2.10 bits per heavy atom. The Balaban J connectivity index is 2.02. The van der Waals surface area contributed by atoms with Crippen LogP contribution in [-0.2, 0) is 4.74 Å². The maximum absolute atomic E-state index is 12.5. The van der Waals surface area contributed by atoms with Crippen molar-refractivity contribution < 1.29 is 9.53 Å². The molecular formula is C16H23ClN2O2. The van der Waals surface area contributed by atoms with Crippen LogP contribution in [0.1, 0.15) is 33.6 Å². The van der Waals surface area contributed by atoms with Crippen molar-refractivity contribution in [3.8, 4) is 0 Å². The van der Waals surface area contributed by atoms with Gasteiger partial charge < -0.3 is 15.0 Å². The molecule has 0 aromatic heterocycles. The van der Waals surface area contributed by atoms with E-state index in [4.69, 9.17) is 16.3 Å². The molecule has 4 nitrogen and oxygen atoms in total. The molecule has 1 aromatic rings. The number of halogens is 1. The number of hydrogen-bond donors (Lipinski definition) is 1. The van der Waals surface area contributed by atoms with Crippen LogP contribution in [0.15, 0.2) is 24.3 Å². The van der Waals surface area contributed by atoms with E-state index in [1.165, 1.54) is 0 Å². The lowest BCUT2D eigenvalue weighted by Gasteiger charge is -2.40. The predicted octanol–water partition coefficient (Wildman–Crippen LogP) is 4.15. The van der Waals surface area contributed by atoms with E-state index in [2.05, 4.69) is 19.2 Å². The molecule has 2 rings (SSSR count). The monoisotopic (exact) mass is 310 g/mol. The highest BCUT2D eigenvalue weighted by atomic mass is 35.5. The lowest BCUT2D eigenvalue weighted by molar-refractivity contribution is -0.0758. The van der Waals surface area contributed by atoms with Gasteiger partial charge in [0, 0.05) is 29.9 Å². The van der Waals surface area contributed by atoms with Crippen molar-refractivity contribution in [1.82, 2.24) is 4.90 Å². The van der Waals surface area contributed by atoms with Crippen LogP contribution < -0.4 is 5.32 Å². The summed E-state index contributed by atoms with van der Waals surface area (Å²) in [4.78, 5) is 14.4. The molecule has 5 heteroatoms. The smallest absolute Gasteiger partial charge is 0.322 e. The molecule has 0 unspecified atom stereocenters. The standard InChI is InChI=1S/C16H23ClN2O2/c1-4-19(14-9-10-21-16(2,3)11-14)15(20)18-13-7-5-12(17)6-8-13/h5-8,14H,4,9-11H2,1-3H3,(H,18,20)/t14-/m1/s1. The highest BCUT2D eigenvalue weighted by molar-refractivity contribution is 6.30. The van der Waals surface area contributed by atoms with Gasteiger partial charge in [0.25, 0.3) is 0 Å². The van der Waals surface area contributed by atoms with E-state index >= 15 is 0 Å². The zero-order valence-corrected chi connectivity index (χ0v) is 13.6. The van der Waals surface area contributed by atoms with Gasteiger partial charge in [-0.1, -0.05) is 11.6 Å². The van der Waals surface area contributed by atoms with Gasteiger partial charge in [-0.15, -0.1) is 0 Å². The van der Waals surface area contributed by atoms with Crippen molar-refractivity contribution in [2.75, 3.05) is 18.5 Å². The SMILES string of the molecule is CCN(C(=O)Nc1ccc(Cl)cc1)[C@@H]1CCOC(C)(C)C1. The highest BCUT2D eigenvalue weighted by Gasteiger charge is 2.33. The highest BCUT2D eigenvalue weighted by Crippen LogP contribution is 2.27. The zero-order valence-electron chi connectivity index (χ0n) is 12.9. The van der Waals surface area contributed by atoms with Crippen LogP contribution in [0.2, 0.25) is 5.02 Å². The maximum Gasteiger partial charge on any atom is 0.322 e. The van der Waals surface area contributed by atoms with E-state index < -0.39 is 0 Å². The molecule has 0 saturated carbocycles. The number of ether oxygens (including phenoxy) is 1. The van der Waals surface area contributed by atoms with Gasteiger partial charge in [-0.3, -0.25) is 0 Å². The lowest BCUT2D eigenvalue weighted by Crippen LogP contribution is -2.49. The first-order valence-corrected chi connectivity index (χ1v) is 7.76. The Kier molecular flexibility index (Phi) is 5.12. The Labute approximate surface area is 131 Å².